The summed E-state index contributed by atoms with van der Waals surface area (Å²) in [5.74, 6) is 0.749. The second kappa shape index (κ2) is 27.2. The zero-order chi connectivity index (χ0) is 38.3. The minimum Gasteiger partial charge on any atom is -0.394 e. The van der Waals surface area contributed by atoms with E-state index in [-0.39, 0.29) is 0 Å². The third-order valence-electron chi connectivity index (χ3n) is 11.2. The molecule has 14 heteroatoms. The molecular formula is C39H74N4O10. The molecule has 2 saturated heterocycles. The Kier molecular flexibility index (Phi) is 23.5. The Morgan fingerprint density at radius 2 is 1.36 bits per heavy atom. The van der Waals surface area contributed by atoms with Gasteiger partial charge in [-0.3, -0.25) is 0 Å². The number of ether oxygens (including phenoxy) is 3. The van der Waals surface area contributed by atoms with Crippen LogP contribution in [0.15, 0.2) is 4.79 Å². The first-order valence-electron chi connectivity index (χ1n) is 21.2. The maximum Gasteiger partial charge on any atom is 0.364 e. The summed E-state index contributed by atoms with van der Waals surface area (Å²) < 4.78 is 18.9. The van der Waals surface area contributed by atoms with Crippen molar-refractivity contribution in [2.24, 2.45) is 5.92 Å². The number of tetrazole rings is 1. The highest BCUT2D eigenvalue weighted by atomic mass is 16.7. The number of hydrogen-bond acceptors (Lipinski definition) is 12. The van der Waals surface area contributed by atoms with E-state index < -0.39 is 67.9 Å². The fourth-order valence-electron chi connectivity index (χ4n) is 7.54. The van der Waals surface area contributed by atoms with Crippen molar-refractivity contribution in [1.82, 2.24) is 19.8 Å². The summed E-state index contributed by atoms with van der Waals surface area (Å²) >= 11 is 0. The Bertz CT molecular complexity index is 1100. The van der Waals surface area contributed by atoms with Gasteiger partial charge < -0.3 is 44.8 Å². The van der Waals surface area contributed by atoms with Crippen molar-refractivity contribution in [3.63, 3.8) is 0 Å². The number of rotatable bonds is 31. The van der Waals surface area contributed by atoms with E-state index in [0.717, 1.165) is 68.8 Å². The first-order valence-corrected chi connectivity index (χ1v) is 21.2. The summed E-state index contributed by atoms with van der Waals surface area (Å²) in [6.07, 6.45) is 15.6. The molecule has 1 aromatic rings. The largest absolute Gasteiger partial charge is 0.394 e. The molecule has 14 nitrogen and oxygen atoms in total. The predicted octanol–water partition coefficient (Wildman–Crippen LogP) is 4.16. The molecular weight excluding hydrogens is 684 g/mol. The van der Waals surface area contributed by atoms with E-state index in [9.17, 15) is 35.4 Å². The highest BCUT2D eigenvalue weighted by Crippen LogP contribution is 2.25. The van der Waals surface area contributed by atoms with Crippen LogP contribution in [-0.4, -0.2) is 120 Å². The maximum absolute atomic E-state index is 13.4. The Balaban J connectivity index is 1.46. The molecule has 0 amide bonds. The van der Waals surface area contributed by atoms with Crippen LogP contribution in [0.25, 0.3) is 0 Å². The van der Waals surface area contributed by atoms with E-state index in [1.54, 1.807) is 0 Å². The van der Waals surface area contributed by atoms with Gasteiger partial charge in [-0.15, -0.1) is 0 Å². The van der Waals surface area contributed by atoms with Crippen LogP contribution in [0.5, 0.6) is 0 Å². The monoisotopic (exact) mass is 759 g/mol. The lowest BCUT2D eigenvalue weighted by molar-refractivity contribution is -0.304. The van der Waals surface area contributed by atoms with Gasteiger partial charge in [-0.05, 0) is 42.0 Å². The van der Waals surface area contributed by atoms with Crippen LogP contribution in [0.2, 0.25) is 0 Å². The fourth-order valence-corrected chi connectivity index (χ4v) is 7.54. The van der Waals surface area contributed by atoms with Crippen molar-refractivity contribution in [1.29, 1.82) is 0 Å². The Morgan fingerprint density at radius 3 is 1.94 bits per heavy atom. The molecule has 0 spiro atoms. The van der Waals surface area contributed by atoms with Crippen LogP contribution >= 0.6 is 0 Å². The molecule has 0 bridgehead atoms. The summed E-state index contributed by atoms with van der Waals surface area (Å²) in [5.41, 5.74) is -0.559. The van der Waals surface area contributed by atoms with Crippen molar-refractivity contribution in [2.45, 2.75) is 210 Å². The van der Waals surface area contributed by atoms with Crippen molar-refractivity contribution < 1.29 is 44.8 Å². The summed E-state index contributed by atoms with van der Waals surface area (Å²) in [5, 5.41) is 70.9. The van der Waals surface area contributed by atoms with E-state index in [4.69, 9.17) is 14.2 Å². The SMILES string of the molecule is CCCCCCCCCCCCCC[C@@H](O)[C@@H](O)[C@H](COC1OC(CO)C(O)C(O)C1O)n1nnn(CCCCCCCCCCC2CCOC2)c1=O. The minimum absolute atomic E-state index is 0.313. The molecule has 6 N–H and O–H groups in total. The second-order valence-corrected chi connectivity index (χ2v) is 15.6. The Hall–Kier alpha value is -1.49. The molecule has 0 aromatic carbocycles. The van der Waals surface area contributed by atoms with Gasteiger partial charge in [0.25, 0.3) is 0 Å². The predicted molar refractivity (Wildman–Crippen MR) is 201 cm³/mol. The number of aliphatic hydroxyl groups is 6. The number of unbranched alkanes of at least 4 members (excludes halogenated alkanes) is 18. The van der Waals surface area contributed by atoms with Crippen LogP contribution in [0.3, 0.4) is 0 Å². The normalized spacial score (nSPS) is 25.2. The lowest BCUT2D eigenvalue weighted by Gasteiger charge is -2.40. The average Bonchev–Trinajstić information content (AvgIpc) is 3.82. The molecule has 0 saturated carbocycles. The fraction of sp³-hybridized carbons (Fsp3) is 0.974. The quantitative estimate of drug-likeness (QED) is 0.0592. The first kappa shape index (κ1) is 45.9. The second-order valence-electron chi connectivity index (χ2n) is 15.6. The zero-order valence-corrected chi connectivity index (χ0v) is 32.6. The van der Waals surface area contributed by atoms with Crippen molar-refractivity contribution >= 4 is 0 Å². The summed E-state index contributed by atoms with van der Waals surface area (Å²) in [4.78, 5) is 13.4. The number of aryl methyl sites for hydroxylation is 1. The smallest absolute Gasteiger partial charge is 0.364 e. The summed E-state index contributed by atoms with van der Waals surface area (Å²) in [7, 11) is 0. The van der Waals surface area contributed by atoms with Gasteiger partial charge in [0.15, 0.2) is 6.29 Å². The average molecular weight is 759 g/mol. The molecule has 6 unspecified atom stereocenters. The van der Waals surface area contributed by atoms with Crippen LogP contribution in [-0.2, 0) is 20.8 Å². The van der Waals surface area contributed by atoms with Gasteiger partial charge in [0, 0.05) is 19.8 Å². The minimum atomic E-state index is -1.66. The van der Waals surface area contributed by atoms with E-state index >= 15 is 0 Å². The third-order valence-corrected chi connectivity index (χ3v) is 11.2. The van der Waals surface area contributed by atoms with E-state index in [0.29, 0.717) is 19.4 Å². The van der Waals surface area contributed by atoms with E-state index in [2.05, 4.69) is 17.4 Å². The standard InChI is InChI=1S/C39H74N4O10/c1-2-3-4-5-6-7-8-9-10-14-17-20-23-32(45)34(46)31(29-52-38-37(49)36(48)35(47)33(27-44)53-38)43-39(50)42(40-41-43)25-21-18-15-12-11-13-16-19-22-30-24-26-51-28-30/h30-38,44-49H,2-29H2,1H3/t30?,31-,32+,33?,34-,35?,36?,37?,38?/m0/s1. The molecule has 1 aromatic heterocycles. The van der Waals surface area contributed by atoms with Gasteiger partial charge in [0.1, 0.15) is 36.6 Å². The van der Waals surface area contributed by atoms with Crippen LogP contribution in [0.4, 0.5) is 0 Å². The summed E-state index contributed by atoms with van der Waals surface area (Å²) in [6, 6.07) is -1.18. The highest BCUT2D eigenvalue weighted by molar-refractivity contribution is 4.89. The van der Waals surface area contributed by atoms with E-state index in [1.807, 2.05) is 0 Å². The summed E-state index contributed by atoms with van der Waals surface area (Å²) in [6.45, 7) is 3.38. The first-order chi connectivity index (χ1) is 25.8. The van der Waals surface area contributed by atoms with Crippen molar-refractivity contribution in [3.8, 4) is 0 Å². The molecule has 3 heterocycles. The molecule has 0 radical (unpaired) electrons. The zero-order valence-electron chi connectivity index (χ0n) is 32.6. The van der Waals surface area contributed by atoms with Crippen LogP contribution in [0, 0.1) is 5.92 Å². The molecule has 9 atom stereocenters. The van der Waals surface area contributed by atoms with Crippen LogP contribution < -0.4 is 5.69 Å². The Morgan fingerprint density at radius 1 is 0.774 bits per heavy atom. The highest BCUT2D eigenvalue weighted by Gasteiger charge is 2.45. The van der Waals surface area contributed by atoms with Gasteiger partial charge >= 0.3 is 5.69 Å². The maximum atomic E-state index is 13.4. The Labute approximate surface area is 317 Å². The van der Waals surface area contributed by atoms with Crippen molar-refractivity contribution in [2.75, 3.05) is 26.4 Å². The molecule has 2 aliphatic rings. The number of aliphatic hydroxyl groups excluding tert-OH is 6. The van der Waals surface area contributed by atoms with Crippen molar-refractivity contribution in [3.05, 3.63) is 10.5 Å². The number of hydrogen-bond donors (Lipinski definition) is 6. The molecule has 2 fully saturated rings. The molecule has 0 aliphatic carbocycles. The van der Waals surface area contributed by atoms with Gasteiger partial charge in [-0.25, -0.2) is 4.79 Å². The van der Waals surface area contributed by atoms with E-state index in [1.165, 1.54) is 94.6 Å². The number of nitrogens with zero attached hydrogens (tertiary/aromatic N) is 4. The van der Waals surface area contributed by atoms with Gasteiger partial charge in [-0.1, -0.05) is 129 Å². The third kappa shape index (κ3) is 16.6. The van der Waals surface area contributed by atoms with Gasteiger partial charge in [0.05, 0.1) is 19.3 Å². The van der Waals surface area contributed by atoms with Gasteiger partial charge in [-0.2, -0.15) is 9.36 Å². The molecule has 3 rings (SSSR count). The van der Waals surface area contributed by atoms with Gasteiger partial charge in [0.2, 0.25) is 0 Å². The topological polar surface area (TPSA) is 202 Å². The molecule has 53 heavy (non-hydrogen) atoms. The number of aromatic nitrogens is 4. The lowest BCUT2D eigenvalue weighted by Crippen LogP contribution is -2.59. The molecule has 310 valence electrons. The van der Waals surface area contributed by atoms with Crippen LogP contribution in [0.1, 0.15) is 161 Å². The molecule has 2 aliphatic heterocycles. The lowest BCUT2D eigenvalue weighted by atomic mass is 9.98.